The van der Waals surface area contributed by atoms with E-state index in [4.69, 9.17) is 10.00 Å². The maximum absolute atomic E-state index is 11.8. The van der Waals surface area contributed by atoms with Crippen LogP contribution in [0.3, 0.4) is 0 Å². The summed E-state index contributed by atoms with van der Waals surface area (Å²) in [4.78, 5) is 11.8. The van der Waals surface area contributed by atoms with E-state index in [1.807, 2.05) is 31.2 Å². The minimum atomic E-state index is 0.101. The van der Waals surface area contributed by atoms with Gasteiger partial charge in [-0.25, -0.2) is 0 Å². The molecular weight excluding hydrogens is 250 g/mol. The molecule has 0 aliphatic rings. The third kappa shape index (κ3) is 6.38. The first kappa shape index (κ1) is 16.2. The molecule has 0 saturated carbocycles. The average molecular weight is 273 g/mol. The van der Waals surface area contributed by atoms with Crippen molar-refractivity contribution in [1.29, 1.82) is 5.26 Å². The summed E-state index contributed by atoms with van der Waals surface area (Å²) in [6, 6.07) is 10.1. The van der Waals surface area contributed by atoms with Crippen LogP contribution in [0.1, 0.15) is 44.6 Å². The van der Waals surface area contributed by atoms with Crippen LogP contribution in [0, 0.1) is 17.2 Å². The standard InChI is InChI=1S/C17H23NO2/c1-14(13-18)5-3-4-6-16(19)10-7-15-8-11-17(20-2)12-9-15/h8-9,11-12,14H,3-7,10H2,1-2H3. The van der Waals surface area contributed by atoms with Crippen molar-refractivity contribution in [2.75, 3.05) is 7.11 Å². The predicted molar refractivity (Wildman–Crippen MR) is 79.6 cm³/mol. The van der Waals surface area contributed by atoms with E-state index in [0.717, 1.165) is 37.0 Å². The second-order valence-electron chi connectivity index (χ2n) is 5.16. The number of Topliss-reactive ketones (excluding diaryl/α,β-unsaturated/α-hetero) is 1. The molecular formula is C17H23NO2. The molecule has 1 atom stereocenters. The molecule has 3 nitrogen and oxygen atoms in total. The third-order valence-electron chi connectivity index (χ3n) is 3.41. The quantitative estimate of drug-likeness (QED) is 0.641. The van der Waals surface area contributed by atoms with E-state index in [0.29, 0.717) is 18.6 Å². The molecule has 3 heteroatoms. The zero-order chi connectivity index (χ0) is 14.8. The second kappa shape index (κ2) is 9.14. The minimum Gasteiger partial charge on any atom is -0.497 e. The van der Waals surface area contributed by atoms with Crippen LogP contribution in [0.2, 0.25) is 0 Å². The zero-order valence-electron chi connectivity index (χ0n) is 12.4. The summed E-state index contributed by atoms with van der Waals surface area (Å²) in [5.74, 6) is 1.25. The van der Waals surface area contributed by atoms with Gasteiger partial charge in [0.15, 0.2) is 0 Å². The maximum atomic E-state index is 11.8. The van der Waals surface area contributed by atoms with Crippen LogP contribution in [-0.4, -0.2) is 12.9 Å². The summed E-state index contributed by atoms with van der Waals surface area (Å²) < 4.78 is 5.10. The van der Waals surface area contributed by atoms with Gasteiger partial charge < -0.3 is 4.74 Å². The van der Waals surface area contributed by atoms with Gasteiger partial charge in [0.2, 0.25) is 0 Å². The molecule has 0 aliphatic carbocycles. The van der Waals surface area contributed by atoms with Crippen molar-refractivity contribution in [3.05, 3.63) is 29.8 Å². The van der Waals surface area contributed by atoms with Gasteiger partial charge in [-0.2, -0.15) is 5.26 Å². The Bertz CT molecular complexity index is 445. The third-order valence-corrected chi connectivity index (χ3v) is 3.41. The van der Waals surface area contributed by atoms with Gasteiger partial charge in [-0.05, 0) is 43.9 Å². The van der Waals surface area contributed by atoms with Gasteiger partial charge in [-0.15, -0.1) is 0 Å². The number of ether oxygens (including phenoxy) is 1. The van der Waals surface area contributed by atoms with Crippen molar-refractivity contribution in [2.24, 2.45) is 5.92 Å². The molecule has 1 aromatic carbocycles. The van der Waals surface area contributed by atoms with Gasteiger partial charge >= 0.3 is 0 Å². The molecule has 0 spiro atoms. The summed E-state index contributed by atoms with van der Waals surface area (Å²) in [6.07, 6.45) is 4.77. The summed E-state index contributed by atoms with van der Waals surface area (Å²) in [6.45, 7) is 1.92. The van der Waals surface area contributed by atoms with Crippen LogP contribution >= 0.6 is 0 Å². The van der Waals surface area contributed by atoms with Crippen LogP contribution < -0.4 is 4.74 Å². The molecule has 20 heavy (non-hydrogen) atoms. The lowest BCUT2D eigenvalue weighted by Gasteiger charge is -2.04. The van der Waals surface area contributed by atoms with Gasteiger partial charge in [0, 0.05) is 18.8 Å². The Labute approximate surface area is 121 Å². The topological polar surface area (TPSA) is 50.1 Å². The lowest BCUT2D eigenvalue weighted by Crippen LogP contribution is -2.01. The molecule has 0 saturated heterocycles. The van der Waals surface area contributed by atoms with Gasteiger partial charge in [0.05, 0.1) is 13.2 Å². The maximum Gasteiger partial charge on any atom is 0.133 e. The van der Waals surface area contributed by atoms with Crippen LogP contribution in [0.5, 0.6) is 5.75 Å². The fourth-order valence-electron chi connectivity index (χ4n) is 2.04. The number of nitriles is 1. The highest BCUT2D eigenvalue weighted by Crippen LogP contribution is 2.14. The Morgan fingerprint density at radius 3 is 2.55 bits per heavy atom. The molecule has 0 aliphatic heterocycles. The van der Waals surface area contributed by atoms with E-state index < -0.39 is 0 Å². The number of aryl methyl sites for hydroxylation is 1. The Morgan fingerprint density at radius 1 is 1.25 bits per heavy atom. The second-order valence-corrected chi connectivity index (χ2v) is 5.16. The molecule has 1 unspecified atom stereocenters. The molecule has 0 heterocycles. The predicted octanol–water partition coefficient (Wildman–Crippen LogP) is 3.92. The van der Waals surface area contributed by atoms with Crippen LogP contribution in [0.25, 0.3) is 0 Å². The van der Waals surface area contributed by atoms with E-state index >= 15 is 0 Å². The zero-order valence-corrected chi connectivity index (χ0v) is 12.4. The van der Waals surface area contributed by atoms with E-state index in [1.54, 1.807) is 7.11 Å². The summed E-state index contributed by atoms with van der Waals surface area (Å²) in [5.41, 5.74) is 1.16. The van der Waals surface area contributed by atoms with Crippen LogP contribution in [-0.2, 0) is 11.2 Å². The number of methoxy groups -OCH3 is 1. The fourth-order valence-corrected chi connectivity index (χ4v) is 2.04. The highest BCUT2D eigenvalue weighted by Gasteiger charge is 2.04. The van der Waals surface area contributed by atoms with Crippen molar-refractivity contribution in [1.82, 2.24) is 0 Å². The molecule has 0 radical (unpaired) electrons. The number of nitrogens with zero attached hydrogens (tertiary/aromatic N) is 1. The van der Waals surface area contributed by atoms with Crippen molar-refractivity contribution < 1.29 is 9.53 Å². The minimum absolute atomic E-state index is 0.101. The molecule has 0 N–H and O–H groups in total. The first-order valence-electron chi connectivity index (χ1n) is 7.20. The first-order valence-corrected chi connectivity index (χ1v) is 7.20. The van der Waals surface area contributed by atoms with E-state index in [-0.39, 0.29) is 5.92 Å². The van der Waals surface area contributed by atoms with Gasteiger partial charge in [-0.3, -0.25) is 4.79 Å². The number of rotatable bonds is 9. The van der Waals surface area contributed by atoms with Crippen LogP contribution in [0.4, 0.5) is 0 Å². The number of hydrogen-bond acceptors (Lipinski definition) is 3. The number of unbranched alkanes of at least 4 members (excludes halogenated alkanes) is 1. The van der Waals surface area contributed by atoms with E-state index in [1.165, 1.54) is 0 Å². The fraction of sp³-hybridized carbons (Fsp3) is 0.529. The summed E-state index contributed by atoms with van der Waals surface area (Å²) in [5, 5.41) is 8.67. The number of carbonyl (C=O) groups is 1. The highest BCUT2D eigenvalue weighted by atomic mass is 16.5. The van der Waals surface area contributed by atoms with Crippen molar-refractivity contribution in [3.63, 3.8) is 0 Å². The number of benzene rings is 1. The SMILES string of the molecule is COc1ccc(CCC(=O)CCCCC(C)C#N)cc1. The highest BCUT2D eigenvalue weighted by molar-refractivity contribution is 5.78. The lowest BCUT2D eigenvalue weighted by atomic mass is 10.0. The molecule has 0 amide bonds. The number of hydrogen-bond donors (Lipinski definition) is 0. The lowest BCUT2D eigenvalue weighted by molar-refractivity contribution is -0.119. The summed E-state index contributed by atoms with van der Waals surface area (Å²) in [7, 11) is 1.64. The molecule has 0 bridgehead atoms. The largest absolute Gasteiger partial charge is 0.497 e. The summed E-state index contributed by atoms with van der Waals surface area (Å²) >= 11 is 0. The van der Waals surface area contributed by atoms with Gasteiger partial charge in [0.25, 0.3) is 0 Å². The monoisotopic (exact) mass is 273 g/mol. The Morgan fingerprint density at radius 2 is 1.95 bits per heavy atom. The van der Waals surface area contributed by atoms with Crippen LogP contribution in [0.15, 0.2) is 24.3 Å². The van der Waals surface area contributed by atoms with Gasteiger partial charge in [0.1, 0.15) is 11.5 Å². The number of carbonyl (C=O) groups excluding carboxylic acids is 1. The average Bonchev–Trinajstić information content (AvgIpc) is 2.49. The normalized spacial score (nSPS) is 11.7. The molecule has 1 aromatic rings. The van der Waals surface area contributed by atoms with Crippen molar-refractivity contribution in [3.8, 4) is 11.8 Å². The smallest absolute Gasteiger partial charge is 0.133 e. The first-order chi connectivity index (χ1) is 9.65. The van der Waals surface area contributed by atoms with Gasteiger partial charge in [-0.1, -0.05) is 18.6 Å². The molecule has 0 fully saturated rings. The number of ketones is 1. The van der Waals surface area contributed by atoms with Crippen molar-refractivity contribution >= 4 is 5.78 Å². The Balaban J connectivity index is 2.17. The van der Waals surface area contributed by atoms with E-state index in [2.05, 4.69) is 6.07 Å². The molecule has 1 rings (SSSR count). The molecule has 108 valence electrons. The van der Waals surface area contributed by atoms with Crippen molar-refractivity contribution in [2.45, 2.75) is 45.4 Å². The Kier molecular flexibility index (Phi) is 7.42. The Hall–Kier alpha value is -1.82. The van der Waals surface area contributed by atoms with E-state index in [9.17, 15) is 4.79 Å². The molecule has 0 aromatic heterocycles.